The first kappa shape index (κ1) is 14.9. The number of carboxylic acid groups (broad SMARTS) is 1. The number of thioether (sulfide) groups is 1. The SMILES string of the molecule is Cc1ccc2nc(CSC(C)(C)[C@@H](N)C(=O)O)cn2c1. The van der Waals surface area contributed by atoms with Gasteiger partial charge in [0, 0.05) is 22.9 Å². The van der Waals surface area contributed by atoms with Crippen LogP contribution in [0, 0.1) is 6.92 Å². The molecule has 2 aromatic heterocycles. The lowest BCUT2D eigenvalue weighted by Gasteiger charge is -2.27. The highest BCUT2D eigenvalue weighted by atomic mass is 32.2. The Hall–Kier alpha value is -1.53. The molecule has 0 aliphatic rings. The highest BCUT2D eigenvalue weighted by Crippen LogP contribution is 2.30. The smallest absolute Gasteiger partial charge is 0.321 e. The average molecular weight is 293 g/mol. The number of hydrogen-bond donors (Lipinski definition) is 2. The predicted octanol–water partition coefficient (Wildman–Crippen LogP) is 2.07. The number of fused-ring (bicyclic) bond motifs is 1. The number of nitrogens with zero attached hydrogens (tertiary/aromatic N) is 2. The minimum Gasteiger partial charge on any atom is -0.480 e. The molecule has 0 radical (unpaired) electrons. The van der Waals surface area contributed by atoms with E-state index in [1.54, 1.807) is 0 Å². The summed E-state index contributed by atoms with van der Waals surface area (Å²) in [7, 11) is 0. The van der Waals surface area contributed by atoms with Crippen LogP contribution in [0.4, 0.5) is 0 Å². The van der Waals surface area contributed by atoms with Gasteiger partial charge in [-0.1, -0.05) is 6.07 Å². The number of aryl methyl sites for hydroxylation is 1. The molecule has 0 aliphatic carbocycles. The summed E-state index contributed by atoms with van der Waals surface area (Å²) >= 11 is 1.51. The van der Waals surface area contributed by atoms with Crippen LogP contribution in [0.3, 0.4) is 0 Å². The van der Waals surface area contributed by atoms with E-state index in [-0.39, 0.29) is 0 Å². The molecule has 0 aromatic carbocycles. The number of hydrogen-bond acceptors (Lipinski definition) is 4. The van der Waals surface area contributed by atoms with E-state index in [0.29, 0.717) is 5.75 Å². The van der Waals surface area contributed by atoms with Gasteiger partial charge in [-0.3, -0.25) is 4.79 Å². The fourth-order valence-electron chi connectivity index (χ4n) is 1.87. The topological polar surface area (TPSA) is 80.6 Å². The van der Waals surface area contributed by atoms with Gasteiger partial charge >= 0.3 is 5.97 Å². The van der Waals surface area contributed by atoms with Crippen molar-refractivity contribution in [3.8, 4) is 0 Å². The van der Waals surface area contributed by atoms with Crippen molar-refractivity contribution in [1.29, 1.82) is 0 Å². The highest BCUT2D eigenvalue weighted by Gasteiger charge is 2.32. The van der Waals surface area contributed by atoms with Crippen LogP contribution in [0.5, 0.6) is 0 Å². The normalized spacial score (nSPS) is 13.6. The van der Waals surface area contributed by atoms with Gasteiger partial charge in [-0.2, -0.15) is 0 Å². The van der Waals surface area contributed by atoms with E-state index in [4.69, 9.17) is 10.8 Å². The maximum Gasteiger partial charge on any atom is 0.321 e. The monoisotopic (exact) mass is 293 g/mol. The Balaban J connectivity index is 2.11. The third-order valence-electron chi connectivity index (χ3n) is 3.26. The van der Waals surface area contributed by atoms with Crippen LogP contribution >= 0.6 is 11.8 Å². The molecule has 0 unspecified atom stereocenters. The summed E-state index contributed by atoms with van der Waals surface area (Å²) in [6.07, 6.45) is 3.99. The fraction of sp³-hybridized carbons (Fsp3) is 0.429. The van der Waals surface area contributed by atoms with Crippen LogP contribution < -0.4 is 5.73 Å². The molecule has 6 heteroatoms. The molecular formula is C14H19N3O2S. The van der Waals surface area contributed by atoms with Crippen molar-refractivity contribution in [1.82, 2.24) is 9.38 Å². The molecule has 0 fully saturated rings. The van der Waals surface area contributed by atoms with E-state index >= 15 is 0 Å². The molecule has 2 aromatic rings. The van der Waals surface area contributed by atoms with E-state index in [9.17, 15) is 4.79 Å². The van der Waals surface area contributed by atoms with Gasteiger partial charge in [0.15, 0.2) is 0 Å². The number of imidazole rings is 1. The van der Waals surface area contributed by atoms with Crippen molar-refractivity contribution < 1.29 is 9.90 Å². The van der Waals surface area contributed by atoms with Crippen molar-refractivity contribution in [2.24, 2.45) is 5.73 Å². The molecule has 20 heavy (non-hydrogen) atoms. The zero-order valence-corrected chi connectivity index (χ0v) is 12.6. The van der Waals surface area contributed by atoms with Crippen molar-refractivity contribution in [2.45, 2.75) is 37.3 Å². The van der Waals surface area contributed by atoms with Gasteiger partial charge in [-0.15, -0.1) is 11.8 Å². The van der Waals surface area contributed by atoms with Crippen LogP contribution in [0.15, 0.2) is 24.5 Å². The van der Waals surface area contributed by atoms with Crippen LogP contribution in [-0.2, 0) is 10.5 Å². The van der Waals surface area contributed by atoms with E-state index in [1.807, 2.05) is 49.7 Å². The van der Waals surface area contributed by atoms with Crippen LogP contribution in [-0.4, -0.2) is 31.2 Å². The van der Waals surface area contributed by atoms with E-state index in [0.717, 1.165) is 11.3 Å². The number of aliphatic carboxylic acids is 1. The summed E-state index contributed by atoms with van der Waals surface area (Å²) in [4.78, 5) is 15.5. The third-order valence-corrected chi connectivity index (χ3v) is 4.69. The molecule has 5 nitrogen and oxygen atoms in total. The summed E-state index contributed by atoms with van der Waals surface area (Å²) in [6, 6.07) is 3.09. The molecule has 0 spiro atoms. The Bertz CT molecular complexity index is 636. The van der Waals surface area contributed by atoms with Crippen molar-refractivity contribution >= 4 is 23.4 Å². The first-order valence-electron chi connectivity index (χ1n) is 6.36. The number of aromatic nitrogens is 2. The quantitative estimate of drug-likeness (QED) is 0.882. The third kappa shape index (κ3) is 3.13. The number of rotatable bonds is 5. The minimum atomic E-state index is -0.979. The van der Waals surface area contributed by atoms with E-state index in [1.165, 1.54) is 17.3 Å². The molecule has 0 amide bonds. The van der Waals surface area contributed by atoms with Gasteiger partial charge in [0.2, 0.25) is 0 Å². The van der Waals surface area contributed by atoms with E-state index < -0.39 is 16.8 Å². The molecule has 0 bridgehead atoms. The molecule has 0 aliphatic heterocycles. The highest BCUT2D eigenvalue weighted by molar-refractivity contribution is 7.99. The van der Waals surface area contributed by atoms with Gasteiger partial charge in [0.1, 0.15) is 11.7 Å². The largest absolute Gasteiger partial charge is 0.480 e. The van der Waals surface area contributed by atoms with Crippen molar-refractivity contribution in [2.75, 3.05) is 0 Å². The molecular weight excluding hydrogens is 274 g/mol. The summed E-state index contributed by atoms with van der Waals surface area (Å²) in [6.45, 7) is 5.72. The minimum absolute atomic E-state index is 0.544. The maximum atomic E-state index is 11.0. The lowest BCUT2D eigenvalue weighted by atomic mass is 10.1. The fourth-order valence-corrected chi connectivity index (χ4v) is 2.81. The lowest BCUT2D eigenvalue weighted by molar-refractivity contribution is -0.139. The summed E-state index contributed by atoms with van der Waals surface area (Å²) in [5.74, 6) is -0.345. The predicted molar refractivity (Wildman–Crippen MR) is 80.9 cm³/mol. The Morgan fingerprint density at radius 3 is 2.85 bits per heavy atom. The first-order valence-corrected chi connectivity index (χ1v) is 7.35. The molecule has 0 saturated carbocycles. The Morgan fingerprint density at radius 1 is 1.50 bits per heavy atom. The van der Waals surface area contributed by atoms with Gasteiger partial charge in [-0.25, -0.2) is 4.98 Å². The van der Waals surface area contributed by atoms with Crippen LogP contribution in [0.25, 0.3) is 5.65 Å². The zero-order valence-electron chi connectivity index (χ0n) is 11.8. The van der Waals surface area contributed by atoms with Gasteiger partial charge in [0.25, 0.3) is 0 Å². The van der Waals surface area contributed by atoms with Crippen LogP contribution in [0.1, 0.15) is 25.1 Å². The molecule has 2 rings (SSSR count). The molecule has 0 saturated heterocycles. The van der Waals surface area contributed by atoms with Crippen molar-refractivity contribution in [3.63, 3.8) is 0 Å². The zero-order chi connectivity index (χ0) is 14.9. The van der Waals surface area contributed by atoms with Crippen molar-refractivity contribution in [3.05, 3.63) is 35.8 Å². The average Bonchev–Trinajstić information content (AvgIpc) is 2.77. The second-order valence-electron chi connectivity index (χ2n) is 5.41. The van der Waals surface area contributed by atoms with Gasteiger partial charge < -0.3 is 15.2 Å². The second-order valence-corrected chi connectivity index (χ2v) is 7.04. The number of carboxylic acids is 1. The summed E-state index contributed by atoms with van der Waals surface area (Å²) in [5.41, 5.74) is 8.69. The van der Waals surface area contributed by atoms with Gasteiger partial charge in [0.05, 0.1) is 5.69 Å². The Kier molecular flexibility index (Phi) is 4.06. The molecule has 108 valence electrons. The summed E-state index contributed by atoms with van der Waals surface area (Å²) < 4.78 is 1.44. The molecule has 1 atom stereocenters. The summed E-state index contributed by atoms with van der Waals surface area (Å²) in [5, 5.41) is 9.00. The standard InChI is InChI=1S/C14H19N3O2S/c1-9-4-5-11-16-10(7-17(11)6-9)8-20-14(2,3)12(15)13(18)19/h4-7,12H,8,15H2,1-3H3,(H,18,19)/t12-/m0/s1. The first-order chi connectivity index (χ1) is 9.29. The number of pyridine rings is 1. The Morgan fingerprint density at radius 2 is 2.20 bits per heavy atom. The molecule has 2 heterocycles. The van der Waals surface area contributed by atoms with E-state index in [2.05, 4.69) is 4.98 Å². The lowest BCUT2D eigenvalue weighted by Crippen LogP contribution is -2.46. The maximum absolute atomic E-state index is 11.0. The molecule has 3 N–H and O–H groups in total. The number of carbonyl (C=O) groups is 1. The van der Waals surface area contributed by atoms with Crippen LogP contribution in [0.2, 0.25) is 0 Å². The Labute approximate surface area is 122 Å². The second kappa shape index (κ2) is 5.46. The number of nitrogens with two attached hydrogens (primary N) is 1. The van der Waals surface area contributed by atoms with Gasteiger partial charge in [-0.05, 0) is 32.4 Å².